The molecule has 0 bridgehead atoms. The molecule has 23 nitrogen and oxygen atoms in total. The molecule has 3 saturated heterocycles. The number of ether oxygens (including phenoxy) is 9. The summed E-state index contributed by atoms with van der Waals surface area (Å²) in [5, 5.41) is 11.5. The number of aliphatic imine (C=N–C) groups is 2. The Morgan fingerprint density at radius 2 is 1.17 bits per heavy atom. The molecule has 4 amide bonds. The largest absolute Gasteiger partial charge is 0.493 e. The molecule has 3 aromatic rings. The number of carboxylic acid groups (broad SMARTS) is 1. The maximum absolute atomic E-state index is 13.8. The van der Waals surface area contributed by atoms with E-state index in [1.807, 2.05) is 53.1 Å². The number of carboxylic acids is 1. The number of allylic oxidation sites excluding steroid dienone is 2. The number of aliphatic carboxylic acids is 1. The zero-order chi connectivity index (χ0) is 61.0. The third-order valence-corrected chi connectivity index (χ3v) is 16.8. The highest BCUT2D eigenvalue weighted by Crippen LogP contribution is 2.41. The van der Waals surface area contributed by atoms with E-state index in [-0.39, 0.29) is 72.5 Å². The highest BCUT2D eigenvalue weighted by Gasteiger charge is 2.36. The molecule has 0 radical (unpaired) electrons. The summed E-state index contributed by atoms with van der Waals surface area (Å²) in [4.78, 5) is 86.4. The van der Waals surface area contributed by atoms with Crippen LogP contribution in [-0.2, 0) is 46.5 Å². The molecule has 3 fully saturated rings. The summed E-state index contributed by atoms with van der Waals surface area (Å²) in [6, 6.07) is 10.2. The fourth-order valence-corrected chi connectivity index (χ4v) is 11.2. The van der Waals surface area contributed by atoms with E-state index in [0.29, 0.717) is 181 Å². The molecule has 8 rings (SSSR count). The molecule has 2 atom stereocenters. The summed E-state index contributed by atoms with van der Waals surface area (Å²) >= 11 is 1.52. The minimum atomic E-state index is -0.898. The maximum Gasteiger partial charge on any atom is 0.305 e. The van der Waals surface area contributed by atoms with Gasteiger partial charge in [0, 0.05) is 100 Å². The number of nitrogens with zero attached hydrogens (tertiary/aromatic N) is 7. The van der Waals surface area contributed by atoms with Crippen LogP contribution in [0.2, 0.25) is 0 Å². The fraction of sp³-hybridized carbons (Fsp3) is 0.548. The van der Waals surface area contributed by atoms with Crippen molar-refractivity contribution in [3.8, 4) is 28.7 Å². The minimum Gasteiger partial charge on any atom is -0.493 e. The number of hydrogen-bond donors (Lipinski definition) is 2. The normalized spacial score (nSPS) is 18.4. The topological polar surface area (TPSA) is 251 Å². The fourth-order valence-electron chi connectivity index (χ4n) is 10.3. The van der Waals surface area contributed by atoms with Gasteiger partial charge in [-0.2, -0.15) is 0 Å². The van der Waals surface area contributed by atoms with Gasteiger partial charge in [0.2, 0.25) is 11.8 Å². The first-order valence-corrected chi connectivity index (χ1v) is 30.4. The Kier molecular flexibility index (Phi) is 24.2. The molecule has 5 aliphatic rings. The van der Waals surface area contributed by atoms with E-state index in [4.69, 9.17) is 62.7 Å². The van der Waals surface area contributed by atoms with E-state index in [1.165, 1.54) is 37.1 Å². The van der Waals surface area contributed by atoms with Crippen LogP contribution in [0.4, 0.5) is 11.4 Å². The van der Waals surface area contributed by atoms with Crippen LogP contribution in [0, 0.1) is 0 Å². The summed E-state index contributed by atoms with van der Waals surface area (Å²) in [7, 11) is 3.06. The summed E-state index contributed by atoms with van der Waals surface area (Å²) in [5.74, 6) is 1.21. The summed E-state index contributed by atoms with van der Waals surface area (Å²) < 4.78 is 52.1. The van der Waals surface area contributed by atoms with Gasteiger partial charge in [-0.25, -0.2) is 0 Å². The van der Waals surface area contributed by atoms with E-state index in [2.05, 4.69) is 36.2 Å². The predicted molar refractivity (Wildman–Crippen MR) is 324 cm³/mol. The number of nitrogens with one attached hydrogen (secondary N) is 1. The lowest BCUT2D eigenvalue weighted by atomic mass is 10.1. The SMILES string of the molecule is CC=C1C[C@H]2C=Nc3cc(OCc4cc(OCCN5CCN(C(=O)CCC(C)(C)SCC(=O)NCCOCCOCCOCCOCCC(=O)O)CC5)cc(COc5cc6c(cc5OC)C(=O)N5CC(=CC)C[C@H]5C=N6)n4)c(OC)cc3C(=O)N2C1. The second-order valence-corrected chi connectivity index (χ2v) is 23.5. The van der Waals surface area contributed by atoms with Gasteiger partial charge in [0.05, 0.1) is 125 Å². The monoisotopic (exact) mass is 1210 g/mol. The molecule has 24 heteroatoms. The predicted octanol–water partition coefficient (Wildman–Crippen LogP) is 6.48. The van der Waals surface area contributed by atoms with Gasteiger partial charge in [0.25, 0.3) is 11.8 Å². The van der Waals surface area contributed by atoms with Gasteiger partial charge < -0.3 is 67.8 Å². The van der Waals surface area contributed by atoms with Gasteiger partial charge in [-0.3, -0.25) is 43.8 Å². The van der Waals surface area contributed by atoms with Crippen molar-refractivity contribution >= 4 is 65.2 Å². The van der Waals surface area contributed by atoms with Crippen LogP contribution in [0.1, 0.15) is 91.9 Å². The molecule has 6 heterocycles. The van der Waals surface area contributed by atoms with Crippen LogP contribution >= 0.6 is 11.8 Å². The smallest absolute Gasteiger partial charge is 0.305 e. The van der Waals surface area contributed by atoms with Crippen LogP contribution in [0.15, 0.2) is 69.7 Å². The molecule has 0 aliphatic carbocycles. The number of benzene rings is 2. The van der Waals surface area contributed by atoms with E-state index in [9.17, 15) is 24.0 Å². The molecular weight excluding hydrogens is 1130 g/mol. The van der Waals surface area contributed by atoms with Gasteiger partial charge >= 0.3 is 5.97 Å². The third kappa shape index (κ3) is 18.5. The second kappa shape index (κ2) is 32.1. The van der Waals surface area contributed by atoms with Gasteiger partial charge in [-0.05, 0) is 45.2 Å². The Morgan fingerprint density at radius 1 is 0.663 bits per heavy atom. The zero-order valence-electron chi connectivity index (χ0n) is 50.3. The van der Waals surface area contributed by atoms with Crippen molar-refractivity contribution in [1.29, 1.82) is 0 Å². The number of hydrogen-bond acceptors (Lipinski definition) is 19. The van der Waals surface area contributed by atoms with Gasteiger partial charge in [-0.1, -0.05) is 37.1 Å². The zero-order valence-corrected chi connectivity index (χ0v) is 51.1. The number of fused-ring (bicyclic) bond motifs is 4. The Balaban J connectivity index is 0.801. The molecule has 86 heavy (non-hydrogen) atoms. The van der Waals surface area contributed by atoms with Crippen molar-refractivity contribution in [3.63, 3.8) is 0 Å². The summed E-state index contributed by atoms with van der Waals surface area (Å²) in [6.07, 6.45) is 10.2. The highest BCUT2D eigenvalue weighted by molar-refractivity contribution is 8.01. The van der Waals surface area contributed by atoms with E-state index < -0.39 is 5.97 Å². The molecule has 5 aliphatic heterocycles. The van der Waals surface area contributed by atoms with Crippen molar-refractivity contribution < 1.29 is 71.7 Å². The van der Waals surface area contributed by atoms with E-state index in [0.717, 1.165) is 12.8 Å². The standard InChI is InChI=1S/C62H82N8O15S/c1-7-42-27-46-35-64-51-33-55(53(77-5)31-49(51)60(75)69(46)37-42)84-39-44-29-48(30-45(66-44)40-85-56-34-52-50(32-54(56)78-6)61(76)70-38-43(8-2)28-47(70)36-65-52)83-20-17-67-13-15-68(16-14-67)58(72)9-11-62(3,4)86-41-57(71)63-12-19-80-22-24-82-26-25-81-23-21-79-18-10-59(73)74/h7-8,29-36,46-47H,9-28,37-41H2,1-6H3,(H,63,71)(H,73,74)/t46-,47-/m0/s1. The average molecular weight is 1210 g/mol. The lowest BCUT2D eigenvalue weighted by Crippen LogP contribution is -2.49. The number of aromatic nitrogens is 1. The van der Waals surface area contributed by atoms with Gasteiger partial charge in [-0.15, -0.1) is 11.8 Å². The van der Waals surface area contributed by atoms with Crippen molar-refractivity contribution in [2.75, 3.05) is 132 Å². The van der Waals surface area contributed by atoms with Crippen LogP contribution in [0.3, 0.4) is 0 Å². The van der Waals surface area contributed by atoms with Crippen LogP contribution in [0.25, 0.3) is 0 Å². The Hall–Kier alpha value is -7.09. The van der Waals surface area contributed by atoms with Crippen molar-refractivity contribution in [2.45, 2.75) is 89.8 Å². The van der Waals surface area contributed by atoms with Gasteiger partial charge in [0.15, 0.2) is 23.0 Å². The maximum atomic E-state index is 13.8. The van der Waals surface area contributed by atoms with Crippen molar-refractivity contribution in [1.82, 2.24) is 29.9 Å². The molecule has 2 aromatic carbocycles. The van der Waals surface area contributed by atoms with Crippen molar-refractivity contribution in [2.24, 2.45) is 9.98 Å². The Labute approximate surface area is 507 Å². The van der Waals surface area contributed by atoms with E-state index >= 15 is 0 Å². The molecule has 1 aromatic heterocycles. The number of rotatable bonds is 33. The lowest BCUT2D eigenvalue weighted by molar-refractivity contribution is -0.138. The molecule has 0 unspecified atom stereocenters. The number of carbonyl (C=O) groups is 5. The van der Waals surface area contributed by atoms with Crippen LogP contribution in [-0.4, -0.2) is 220 Å². The third-order valence-electron chi connectivity index (χ3n) is 15.4. The quantitative estimate of drug-likeness (QED) is 0.0489. The van der Waals surface area contributed by atoms with Crippen LogP contribution < -0.4 is 29.0 Å². The number of carbonyl (C=O) groups excluding carboxylic acids is 4. The molecule has 2 N–H and O–H groups in total. The van der Waals surface area contributed by atoms with Crippen LogP contribution in [0.5, 0.6) is 28.7 Å². The first-order chi connectivity index (χ1) is 41.6. The van der Waals surface area contributed by atoms with Gasteiger partial charge in [0.1, 0.15) is 25.6 Å². The number of amides is 4. The van der Waals surface area contributed by atoms with Crippen molar-refractivity contribution in [3.05, 3.63) is 82.2 Å². The Bertz CT molecular complexity index is 2850. The summed E-state index contributed by atoms with van der Waals surface area (Å²) in [6.45, 7) is 15.8. The number of thioether (sulfide) groups is 1. The molecule has 466 valence electrons. The molecular formula is C62H82N8O15S. The number of methoxy groups -OCH3 is 2. The Morgan fingerprint density at radius 3 is 1.67 bits per heavy atom. The first-order valence-electron chi connectivity index (χ1n) is 29.4. The highest BCUT2D eigenvalue weighted by atomic mass is 32.2. The van der Waals surface area contributed by atoms with E-state index in [1.54, 1.807) is 24.3 Å². The molecule has 0 spiro atoms. The summed E-state index contributed by atoms with van der Waals surface area (Å²) in [5.41, 5.74) is 5.31. The molecule has 0 saturated carbocycles. The minimum absolute atomic E-state index is 0.0107. The average Bonchev–Trinajstić information content (AvgIpc) is 4.12. The second-order valence-electron chi connectivity index (χ2n) is 21.8. The number of pyridine rings is 1. The lowest BCUT2D eigenvalue weighted by Gasteiger charge is -2.35. The first kappa shape index (κ1) is 64.9. The number of piperazine rings is 1.